The lowest BCUT2D eigenvalue weighted by Gasteiger charge is -2.22. The SMILES string of the molecule is O=S(=O)(Cl)c1cc(Br)c(OCC2CCOCC2)cc1F. The maximum atomic E-state index is 13.7. The maximum absolute atomic E-state index is 13.7. The zero-order chi connectivity index (χ0) is 14.8. The van der Waals surface area contributed by atoms with Gasteiger partial charge in [0.1, 0.15) is 16.5 Å². The maximum Gasteiger partial charge on any atom is 0.264 e. The van der Waals surface area contributed by atoms with E-state index in [1.54, 1.807) is 0 Å². The fraction of sp³-hybridized carbons (Fsp3) is 0.500. The average molecular weight is 388 g/mol. The zero-order valence-corrected chi connectivity index (χ0v) is 13.6. The van der Waals surface area contributed by atoms with Gasteiger partial charge < -0.3 is 9.47 Å². The lowest BCUT2D eigenvalue weighted by atomic mass is 10.0. The molecule has 4 nitrogen and oxygen atoms in total. The second-order valence-corrected chi connectivity index (χ2v) is 7.91. The summed E-state index contributed by atoms with van der Waals surface area (Å²) in [4.78, 5) is -0.565. The zero-order valence-electron chi connectivity index (χ0n) is 10.4. The van der Waals surface area contributed by atoms with Gasteiger partial charge in [-0.1, -0.05) is 0 Å². The molecule has 20 heavy (non-hydrogen) atoms. The molecule has 1 aliphatic heterocycles. The Hall–Kier alpha value is -0.370. The van der Waals surface area contributed by atoms with Crippen molar-refractivity contribution in [3.63, 3.8) is 0 Å². The number of rotatable bonds is 4. The summed E-state index contributed by atoms with van der Waals surface area (Å²) in [7, 11) is 1.03. The minimum Gasteiger partial charge on any atom is -0.492 e. The molecule has 0 saturated carbocycles. The topological polar surface area (TPSA) is 52.6 Å². The molecule has 1 aromatic carbocycles. The molecule has 0 bridgehead atoms. The summed E-state index contributed by atoms with van der Waals surface area (Å²) in [6, 6.07) is 2.13. The van der Waals surface area contributed by atoms with Crippen molar-refractivity contribution in [2.24, 2.45) is 5.92 Å². The van der Waals surface area contributed by atoms with Crippen LogP contribution in [-0.4, -0.2) is 28.2 Å². The Bertz CT molecular complexity index is 587. The van der Waals surface area contributed by atoms with E-state index >= 15 is 0 Å². The number of hydrogen-bond donors (Lipinski definition) is 0. The summed E-state index contributed by atoms with van der Waals surface area (Å²) < 4.78 is 47.2. The van der Waals surface area contributed by atoms with E-state index in [1.807, 2.05) is 0 Å². The number of benzene rings is 1. The molecule has 0 amide bonds. The van der Waals surface area contributed by atoms with Crippen LogP contribution in [0.2, 0.25) is 0 Å². The van der Waals surface area contributed by atoms with E-state index in [-0.39, 0.29) is 5.75 Å². The summed E-state index contributed by atoms with van der Waals surface area (Å²) >= 11 is 3.16. The fourth-order valence-electron chi connectivity index (χ4n) is 1.93. The molecule has 1 heterocycles. The van der Waals surface area contributed by atoms with E-state index in [2.05, 4.69) is 15.9 Å². The highest BCUT2D eigenvalue weighted by atomic mass is 79.9. The molecule has 0 N–H and O–H groups in total. The van der Waals surface area contributed by atoms with Gasteiger partial charge in [0.25, 0.3) is 9.05 Å². The van der Waals surface area contributed by atoms with Crippen molar-refractivity contribution in [1.29, 1.82) is 0 Å². The van der Waals surface area contributed by atoms with E-state index in [0.717, 1.165) is 25.0 Å². The van der Waals surface area contributed by atoms with Gasteiger partial charge in [-0.2, -0.15) is 0 Å². The van der Waals surface area contributed by atoms with Gasteiger partial charge in [-0.3, -0.25) is 0 Å². The highest BCUT2D eigenvalue weighted by molar-refractivity contribution is 9.10. The van der Waals surface area contributed by atoms with Crippen LogP contribution in [0.25, 0.3) is 0 Å². The Balaban J connectivity index is 2.11. The van der Waals surface area contributed by atoms with Crippen molar-refractivity contribution in [2.45, 2.75) is 17.7 Å². The average Bonchev–Trinajstić information content (AvgIpc) is 2.39. The van der Waals surface area contributed by atoms with Crippen LogP contribution in [0.1, 0.15) is 12.8 Å². The molecule has 0 spiro atoms. The van der Waals surface area contributed by atoms with Gasteiger partial charge >= 0.3 is 0 Å². The first-order chi connectivity index (χ1) is 9.38. The van der Waals surface area contributed by atoms with Gasteiger partial charge in [-0.25, -0.2) is 12.8 Å². The summed E-state index contributed by atoms with van der Waals surface area (Å²) in [6.07, 6.45) is 1.79. The smallest absolute Gasteiger partial charge is 0.264 e. The van der Waals surface area contributed by atoms with Crippen molar-refractivity contribution in [3.05, 3.63) is 22.4 Å². The normalized spacial score (nSPS) is 17.1. The van der Waals surface area contributed by atoms with E-state index in [0.29, 0.717) is 30.2 Å². The molecule has 0 unspecified atom stereocenters. The van der Waals surface area contributed by atoms with Crippen LogP contribution in [0.3, 0.4) is 0 Å². The first-order valence-electron chi connectivity index (χ1n) is 6.02. The van der Waals surface area contributed by atoms with E-state index in [9.17, 15) is 12.8 Å². The van der Waals surface area contributed by atoms with Crippen LogP contribution in [0.15, 0.2) is 21.5 Å². The molecule has 1 aromatic rings. The number of halogens is 3. The van der Waals surface area contributed by atoms with E-state index in [4.69, 9.17) is 20.2 Å². The van der Waals surface area contributed by atoms with Crippen molar-refractivity contribution in [3.8, 4) is 5.75 Å². The molecule has 8 heteroatoms. The Morgan fingerprint density at radius 1 is 1.40 bits per heavy atom. The van der Waals surface area contributed by atoms with Gasteiger partial charge in [-0.15, -0.1) is 0 Å². The standard InChI is InChI=1S/C12H13BrClFO4S/c13-9-5-12(20(14,16)17)10(15)6-11(9)19-7-8-1-3-18-4-2-8/h5-6,8H,1-4,7H2. The van der Waals surface area contributed by atoms with Crippen LogP contribution in [0.4, 0.5) is 4.39 Å². The predicted octanol–water partition coefficient (Wildman–Crippen LogP) is 3.32. The third kappa shape index (κ3) is 4.07. The monoisotopic (exact) mass is 386 g/mol. The van der Waals surface area contributed by atoms with Crippen LogP contribution in [0.5, 0.6) is 5.75 Å². The highest BCUT2D eigenvalue weighted by Crippen LogP contribution is 2.32. The van der Waals surface area contributed by atoms with Crippen molar-refractivity contribution < 1.29 is 22.3 Å². The van der Waals surface area contributed by atoms with Crippen LogP contribution in [-0.2, 0) is 13.8 Å². The second kappa shape index (κ2) is 6.60. The van der Waals surface area contributed by atoms with E-state index < -0.39 is 19.8 Å². The molecular formula is C12H13BrClFO4S. The molecule has 112 valence electrons. The molecule has 0 aliphatic carbocycles. The lowest BCUT2D eigenvalue weighted by molar-refractivity contribution is 0.0496. The second-order valence-electron chi connectivity index (χ2n) is 4.52. The van der Waals surface area contributed by atoms with Crippen LogP contribution >= 0.6 is 26.6 Å². The summed E-state index contributed by atoms with van der Waals surface area (Å²) in [5, 5.41) is 0. The first-order valence-corrected chi connectivity index (χ1v) is 9.12. The van der Waals surface area contributed by atoms with Crippen LogP contribution in [0, 0.1) is 11.7 Å². The molecule has 1 fully saturated rings. The lowest BCUT2D eigenvalue weighted by Crippen LogP contribution is -2.21. The molecule has 2 rings (SSSR count). The molecule has 0 radical (unpaired) electrons. The molecule has 1 aliphatic rings. The summed E-state index contributed by atoms with van der Waals surface area (Å²) in [5.41, 5.74) is 0. The Morgan fingerprint density at radius 3 is 2.65 bits per heavy atom. The van der Waals surface area contributed by atoms with Crippen molar-refractivity contribution in [2.75, 3.05) is 19.8 Å². The van der Waals surface area contributed by atoms with Crippen LogP contribution < -0.4 is 4.74 Å². The molecule has 0 atom stereocenters. The van der Waals surface area contributed by atoms with Gasteiger partial charge in [-0.05, 0) is 40.8 Å². The third-order valence-corrected chi connectivity index (χ3v) is 5.02. The first kappa shape index (κ1) is 16.0. The molecule has 0 aromatic heterocycles. The number of ether oxygens (including phenoxy) is 2. The molecular weight excluding hydrogens is 375 g/mol. The quantitative estimate of drug-likeness (QED) is 0.744. The summed E-state index contributed by atoms with van der Waals surface area (Å²) in [5.74, 6) is -0.307. The third-order valence-electron chi connectivity index (χ3n) is 3.06. The number of hydrogen-bond acceptors (Lipinski definition) is 4. The van der Waals surface area contributed by atoms with Gasteiger partial charge in [0, 0.05) is 30.0 Å². The van der Waals surface area contributed by atoms with Gasteiger partial charge in [0.05, 0.1) is 11.1 Å². The summed E-state index contributed by atoms with van der Waals surface area (Å²) in [6.45, 7) is 1.84. The Kier molecular flexibility index (Phi) is 5.28. The van der Waals surface area contributed by atoms with Gasteiger partial charge in [0.15, 0.2) is 0 Å². The highest BCUT2D eigenvalue weighted by Gasteiger charge is 2.20. The Morgan fingerprint density at radius 2 is 2.05 bits per heavy atom. The van der Waals surface area contributed by atoms with Crippen molar-refractivity contribution >= 4 is 35.7 Å². The predicted molar refractivity (Wildman–Crippen MR) is 76.2 cm³/mol. The van der Waals surface area contributed by atoms with Crippen molar-refractivity contribution in [1.82, 2.24) is 0 Å². The minimum atomic E-state index is -4.11. The van der Waals surface area contributed by atoms with E-state index in [1.165, 1.54) is 0 Å². The molecule has 1 saturated heterocycles. The largest absolute Gasteiger partial charge is 0.492 e. The Labute approximate surface area is 129 Å². The van der Waals surface area contributed by atoms with Gasteiger partial charge in [0.2, 0.25) is 0 Å². The fourth-order valence-corrected chi connectivity index (χ4v) is 3.44. The minimum absolute atomic E-state index is 0.262.